The Morgan fingerprint density at radius 3 is 2.50 bits per heavy atom. The number of alkyl carbamates (subject to hydrolysis) is 1. The summed E-state index contributed by atoms with van der Waals surface area (Å²) in [6.07, 6.45) is 3.27. The first-order valence-electron chi connectivity index (χ1n) is 5.19. The zero-order valence-electron chi connectivity index (χ0n) is 9.30. The predicted octanol–water partition coefficient (Wildman–Crippen LogP) is 1.22. The van der Waals surface area contributed by atoms with Crippen LogP contribution in [0.15, 0.2) is 0 Å². The highest BCUT2D eigenvalue weighted by atomic mass is 16.5. The molecule has 1 aliphatic carbocycles. The quantitative estimate of drug-likeness (QED) is 0.742. The average Bonchev–Trinajstić information content (AvgIpc) is 2.02. The van der Waals surface area contributed by atoms with Gasteiger partial charge in [-0.25, -0.2) is 4.79 Å². The number of hydrogen-bond acceptors (Lipinski definition) is 3. The minimum atomic E-state index is -0.305. The summed E-state index contributed by atoms with van der Waals surface area (Å²) >= 11 is 0. The van der Waals surface area contributed by atoms with Crippen LogP contribution in [-0.4, -0.2) is 43.8 Å². The lowest BCUT2D eigenvalue weighted by atomic mass is 9.75. The van der Waals surface area contributed by atoms with E-state index in [0.717, 1.165) is 12.8 Å². The highest BCUT2D eigenvalue weighted by Gasteiger charge is 2.39. The molecule has 14 heavy (non-hydrogen) atoms. The average molecular weight is 200 g/mol. The SMILES string of the molecule is CCOC(=O)NCC1(N(C)C)CCC1. The third kappa shape index (κ3) is 2.38. The highest BCUT2D eigenvalue weighted by molar-refractivity contribution is 5.67. The number of amides is 1. The van der Waals surface area contributed by atoms with E-state index in [9.17, 15) is 4.79 Å². The second-order valence-electron chi connectivity index (χ2n) is 4.05. The van der Waals surface area contributed by atoms with Gasteiger partial charge in [-0.1, -0.05) is 0 Å². The van der Waals surface area contributed by atoms with Crippen LogP contribution in [0.1, 0.15) is 26.2 Å². The first-order chi connectivity index (χ1) is 6.60. The van der Waals surface area contributed by atoms with E-state index in [1.807, 2.05) is 6.92 Å². The van der Waals surface area contributed by atoms with Crippen molar-refractivity contribution in [1.82, 2.24) is 10.2 Å². The van der Waals surface area contributed by atoms with Gasteiger partial charge in [0.25, 0.3) is 0 Å². The maximum Gasteiger partial charge on any atom is 0.407 e. The van der Waals surface area contributed by atoms with Crippen molar-refractivity contribution in [3.05, 3.63) is 0 Å². The first kappa shape index (κ1) is 11.3. The minimum absolute atomic E-state index is 0.173. The Labute approximate surface area is 85.6 Å². The van der Waals surface area contributed by atoms with Crippen LogP contribution in [0.5, 0.6) is 0 Å². The molecule has 0 heterocycles. The summed E-state index contributed by atoms with van der Waals surface area (Å²) < 4.78 is 4.82. The highest BCUT2D eigenvalue weighted by Crippen LogP contribution is 2.35. The summed E-state index contributed by atoms with van der Waals surface area (Å²) in [5.74, 6) is 0. The number of likely N-dealkylation sites (N-methyl/N-ethyl adjacent to an activating group) is 1. The fraction of sp³-hybridized carbons (Fsp3) is 0.900. The van der Waals surface area contributed by atoms with Crippen molar-refractivity contribution in [1.29, 1.82) is 0 Å². The largest absolute Gasteiger partial charge is 0.450 e. The van der Waals surface area contributed by atoms with Gasteiger partial charge in [-0.05, 0) is 40.3 Å². The molecule has 0 spiro atoms. The maximum atomic E-state index is 11.1. The van der Waals surface area contributed by atoms with Crippen molar-refractivity contribution in [2.75, 3.05) is 27.2 Å². The molecule has 0 aromatic rings. The molecule has 1 amide bonds. The molecule has 82 valence electrons. The van der Waals surface area contributed by atoms with Gasteiger partial charge in [0.2, 0.25) is 0 Å². The van der Waals surface area contributed by atoms with Crippen LogP contribution in [0, 0.1) is 0 Å². The van der Waals surface area contributed by atoms with Gasteiger partial charge >= 0.3 is 6.09 Å². The summed E-state index contributed by atoms with van der Waals surface area (Å²) in [6.45, 7) is 2.93. The number of nitrogens with one attached hydrogen (secondary N) is 1. The van der Waals surface area contributed by atoms with Gasteiger partial charge in [0, 0.05) is 12.1 Å². The van der Waals surface area contributed by atoms with Crippen LogP contribution in [0.3, 0.4) is 0 Å². The van der Waals surface area contributed by atoms with Crippen molar-refractivity contribution in [2.45, 2.75) is 31.7 Å². The number of rotatable bonds is 4. The van der Waals surface area contributed by atoms with Gasteiger partial charge < -0.3 is 15.0 Å². The molecule has 0 saturated heterocycles. The Hall–Kier alpha value is -0.770. The Morgan fingerprint density at radius 2 is 2.14 bits per heavy atom. The molecule has 1 fully saturated rings. The Bertz CT molecular complexity index is 200. The number of nitrogens with zero attached hydrogens (tertiary/aromatic N) is 1. The van der Waals surface area contributed by atoms with Crippen molar-refractivity contribution in [2.24, 2.45) is 0 Å². The van der Waals surface area contributed by atoms with Crippen molar-refractivity contribution < 1.29 is 9.53 Å². The number of carbonyl (C=O) groups is 1. The normalized spacial score (nSPS) is 18.9. The topological polar surface area (TPSA) is 41.6 Å². The molecule has 1 rings (SSSR count). The molecule has 0 atom stereocenters. The van der Waals surface area contributed by atoms with Crippen LogP contribution in [0.25, 0.3) is 0 Å². The molecule has 1 saturated carbocycles. The summed E-state index contributed by atoms with van der Waals surface area (Å²) in [7, 11) is 4.12. The lowest BCUT2D eigenvalue weighted by molar-refractivity contribution is 0.0573. The van der Waals surface area contributed by atoms with Crippen LogP contribution in [0.4, 0.5) is 4.79 Å². The summed E-state index contributed by atoms with van der Waals surface area (Å²) in [6, 6.07) is 0. The maximum absolute atomic E-state index is 11.1. The summed E-state index contributed by atoms with van der Waals surface area (Å²) in [5, 5.41) is 2.80. The monoisotopic (exact) mass is 200 g/mol. The minimum Gasteiger partial charge on any atom is -0.450 e. The van der Waals surface area contributed by atoms with E-state index in [1.54, 1.807) is 0 Å². The lowest BCUT2D eigenvalue weighted by Crippen LogP contribution is -2.57. The van der Waals surface area contributed by atoms with Crippen LogP contribution in [-0.2, 0) is 4.74 Å². The molecule has 1 aliphatic rings. The zero-order valence-corrected chi connectivity index (χ0v) is 9.30. The van der Waals surface area contributed by atoms with Gasteiger partial charge in [-0.2, -0.15) is 0 Å². The van der Waals surface area contributed by atoms with Crippen LogP contribution in [0.2, 0.25) is 0 Å². The molecular weight excluding hydrogens is 180 g/mol. The van der Waals surface area contributed by atoms with Crippen molar-refractivity contribution in [3.63, 3.8) is 0 Å². The van der Waals surface area contributed by atoms with Gasteiger partial charge in [0.05, 0.1) is 6.61 Å². The Morgan fingerprint density at radius 1 is 1.50 bits per heavy atom. The molecule has 4 nitrogen and oxygen atoms in total. The fourth-order valence-electron chi connectivity index (χ4n) is 1.79. The first-order valence-corrected chi connectivity index (χ1v) is 5.19. The molecule has 0 unspecified atom stereocenters. The van der Waals surface area contributed by atoms with Gasteiger partial charge in [0.1, 0.15) is 0 Å². The third-order valence-corrected chi connectivity index (χ3v) is 3.07. The van der Waals surface area contributed by atoms with E-state index >= 15 is 0 Å². The molecule has 0 aromatic heterocycles. The van der Waals surface area contributed by atoms with E-state index in [4.69, 9.17) is 4.74 Å². The Balaban J connectivity index is 2.31. The molecule has 4 heteroatoms. The number of carbonyl (C=O) groups excluding carboxylic acids is 1. The number of ether oxygens (including phenoxy) is 1. The molecule has 1 N–H and O–H groups in total. The summed E-state index contributed by atoms with van der Waals surface area (Å²) in [5.41, 5.74) is 0.173. The van der Waals surface area contributed by atoms with Gasteiger partial charge in [-0.15, -0.1) is 0 Å². The van der Waals surface area contributed by atoms with E-state index < -0.39 is 0 Å². The van der Waals surface area contributed by atoms with E-state index in [-0.39, 0.29) is 11.6 Å². The van der Waals surface area contributed by atoms with E-state index in [0.29, 0.717) is 13.2 Å². The standard InChI is InChI=1S/C10H20N2O2/c1-4-14-9(13)11-8-10(12(2)3)6-5-7-10/h4-8H2,1-3H3,(H,11,13). The van der Waals surface area contributed by atoms with Crippen LogP contribution >= 0.6 is 0 Å². The van der Waals surface area contributed by atoms with E-state index in [1.165, 1.54) is 6.42 Å². The zero-order chi connectivity index (χ0) is 10.6. The third-order valence-electron chi connectivity index (χ3n) is 3.07. The molecule has 0 bridgehead atoms. The van der Waals surface area contributed by atoms with Crippen LogP contribution < -0.4 is 5.32 Å². The Kier molecular flexibility index (Phi) is 3.75. The van der Waals surface area contributed by atoms with Crippen molar-refractivity contribution in [3.8, 4) is 0 Å². The van der Waals surface area contributed by atoms with Crippen molar-refractivity contribution >= 4 is 6.09 Å². The van der Waals surface area contributed by atoms with Gasteiger partial charge in [0.15, 0.2) is 0 Å². The summed E-state index contributed by atoms with van der Waals surface area (Å²) in [4.78, 5) is 13.3. The van der Waals surface area contributed by atoms with E-state index in [2.05, 4.69) is 24.3 Å². The molecular formula is C10H20N2O2. The smallest absolute Gasteiger partial charge is 0.407 e. The molecule has 0 radical (unpaired) electrons. The second-order valence-corrected chi connectivity index (χ2v) is 4.05. The lowest BCUT2D eigenvalue weighted by Gasteiger charge is -2.47. The van der Waals surface area contributed by atoms with Gasteiger partial charge in [-0.3, -0.25) is 0 Å². The number of hydrogen-bond donors (Lipinski definition) is 1. The predicted molar refractivity (Wildman–Crippen MR) is 55.3 cm³/mol. The molecule has 0 aromatic carbocycles. The fourth-order valence-corrected chi connectivity index (χ4v) is 1.79. The molecule has 0 aliphatic heterocycles. The second kappa shape index (κ2) is 4.64.